The average Bonchev–Trinajstić information content (AvgIpc) is 2.50. The molecule has 2 atom stereocenters. The summed E-state index contributed by atoms with van der Waals surface area (Å²) in [5.41, 5.74) is 7.27. The van der Waals surface area contributed by atoms with Gasteiger partial charge in [-0.2, -0.15) is 0 Å². The number of ether oxygens (including phenoxy) is 3. The Hall–Kier alpha value is -1.26. The van der Waals surface area contributed by atoms with Gasteiger partial charge in [-0.25, -0.2) is 0 Å². The normalized spacial score (nSPS) is 13.9. The van der Waals surface area contributed by atoms with E-state index < -0.39 is 0 Å². The first-order chi connectivity index (χ1) is 11.0. The van der Waals surface area contributed by atoms with Gasteiger partial charge in [-0.15, -0.1) is 0 Å². The van der Waals surface area contributed by atoms with Crippen LogP contribution in [0, 0.1) is 11.8 Å². The van der Waals surface area contributed by atoms with Crippen molar-refractivity contribution >= 4 is 0 Å². The highest BCUT2D eigenvalue weighted by Gasteiger charge is 2.17. The van der Waals surface area contributed by atoms with Crippen molar-refractivity contribution in [1.82, 2.24) is 0 Å². The molecule has 1 aromatic carbocycles. The van der Waals surface area contributed by atoms with Crippen LogP contribution in [0.5, 0.6) is 11.5 Å². The second kappa shape index (κ2) is 10.5. The van der Waals surface area contributed by atoms with Gasteiger partial charge in [0.15, 0.2) is 11.5 Å². The second-order valence-electron chi connectivity index (χ2n) is 6.60. The third-order valence-electron chi connectivity index (χ3n) is 4.09. The zero-order chi connectivity index (χ0) is 17.2. The summed E-state index contributed by atoms with van der Waals surface area (Å²) < 4.78 is 16.3. The van der Waals surface area contributed by atoms with Crippen molar-refractivity contribution in [3.63, 3.8) is 0 Å². The fourth-order valence-corrected chi connectivity index (χ4v) is 2.72. The Morgan fingerprint density at radius 2 is 1.78 bits per heavy atom. The van der Waals surface area contributed by atoms with Crippen LogP contribution in [0.2, 0.25) is 0 Å². The summed E-state index contributed by atoms with van der Waals surface area (Å²) in [6, 6.07) is 6.44. The molecule has 0 fully saturated rings. The molecule has 0 aromatic heterocycles. The van der Waals surface area contributed by atoms with Crippen molar-refractivity contribution < 1.29 is 14.2 Å². The molecular formula is C19H33NO3. The Labute approximate surface area is 141 Å². The van der Waals surface area contributed by atoms with E-state index in [-0.39, 0.29) is 6.04 Å². The fourth-order valence-electron chi connectivity index (χ4n) is 2.72. The second-order valence-corrected chi connectivity index (χ2v) is 6.60. The van der Waals surface area contributed by atoms with Gasteiger partial charge in [0.1, 0.15) is 0 Å². The van der Waals surface area contributed by atoms with Crippen molar-refractivity contribution in [3.8, 4) is 11.5 Å². The first-order valence-corrected chi connectivity index (χ1v) is 8.52. The van der Waals surface area contributed by atoms with Gasteiger partial charge in [0.05, 0.1) is 13.7 Å². The molecule has 0 heterocycles. The molecule has 0 aliphatic rings. The molecule has 2 unspecified atom stereocenters. The largest absolute Gasteiger partial charge is 0.493 e. The molecule has 0 saturated heterocycles. The predicted molar refractivity (Wildman–Crippen MR) is 95.3 cm³/mol. The third kappa shape index (κ3) is 7.23. The Bertz CT molecular complexity index is 446. The van der Waals surface area contributed by atoms with Gasteiger partial charge < -0.3 is 19.9 Å². The highest BCUT2D eigenvalue weighted by atomic mass is 16.5. The molecule has 0 amide bonds. The van der Waals surface area contributed by atoms with Crippen LogP contribution in [0.4, 0.5) is 0 Å². The van der Waals surface area contributed by atoms with E-state index in [9.17, 15) is 0 Å². The lowest BCUT2D eigenvalue weighted by molar-refractivity contribution is 0.170. The first-order valence-electron chi connectivity index (χ1n) is 8.52. The molecule has 4 heteroatoms. The zero-order valence-electron chi connectivity index (χ0n) is 15.3. The van der Waals surface area contributed by atoms with Gasteiger partial charge in [0, 0.05) is 26.2 Å². The summed E-state index contributed by atoms with van der Waals surface area (Å²) in [4.78, 5) is 0. The summed E-state index contributed by atoms with van der Waals surface area (Å²) in [7, 11) is 3.37. The van der Waals surface area contributed by atoms with Crippen molar-refractivity contribution in [2.24, 2.45) is 17.6 Å². The SMILES string of the molecule is COCCCOc1cc(CC(CC(C)N)C(C)C)ccc1OC. The van der Waals surface area contributed by atoms with Crippen molar-refractivity contribution in [2.45, 2.75) is 46.1 Å². The van der Waals surface area contributed by atoms with Crippen LogP contribution in [-0.4, -0.2) is 33.5 Å². The Balaban J connectivity index is 2.78. The topological polar surface area (TPSA) is 53.7 Å². The van der Waals surface area contributed by atoms with Gasteiger partial charge in [-0.3, -0.25) is 0 Å². The van der Waals surface area contributed by atoms with E-state index in [1.807, 2.05) is 6.07 Å². The number of methoxy groups -OCH3 is 2. The average molecular weight is 323 g/mol. The van der Waals surface area contributed by atoms with Crippen LogP contribution in [0.15, 0.2) is 18.2 Å². The number of nitrogens with two attached hydrogens (primary N) is 1. The summed E-state index contributed by atoms with van der Waals surface area (Å²) in [5, 5.41) is 0. The zero-order valence-corrected chi connectivity index (χ0v) is 15.3. The molecule has 0 saturated carbocycles. The number of hydrogen-bond acceptors (Lipinski definition) is 4. The van der Waals surface area contributed by atoms with E-state index in [0.29, 0.717) is 25.0 Å². The summed E-state index contributed by atoms with van der Waals surface area (Å²) >= 11 is 0. The monoisotopic (exact) mass is 323 g/mol. The van der Waals surface area contributed by atoms with Crippen LogP contribution in [0.1, 0.15) is 39.2 Å². The lowest BCUT2D eigenvalue weighted by Crippen LogP contribution is -2.24. The smallest absolute Gasteiger partial charge is 0.161 e. The third-order valence-corrected chi connectivity index (χ3v) is 4.09. The molecule has 0 aliphatic heterocycles. The van der Waals surface area contributed by atoms with Gasteiger partial charge in [0.25, 0.3) is 0 Å². The van der Waals surface area contributed by atoms with E-state index in [0.717, 1.165) is 30.8 Å². The first kappa shape index (κ1) is 19.8. The van der Waals surface area contributed by atoms with Crippen LogP contribution in [0.25, 0.3) is 0 Å². The number of rotatable bonds is 11. The van der Waals surface area contributed by atoms with E-state index in [4.69, 9.17) is 19.9 Å². The molecule has 23 heavy (non-hydrogen) atoms. The van der Waals surface area contributed by atoms with Crippen molar-refractivity contribution in [1.29, 1.82) is 0 Å². The van der Waals surface area contributed by atoms with Crippen LogP contribution in [-0.2, 0) is 11.2 Å². The lowest BCUT2D eigenvalue weighted by Gasteiger charge is -2.23. The molecule has 0 bridgehead atoms. The quantitative estimate of drug-likeness (QED) is 0.631. The van der Waals surface area contributed by atoms with Gasteiger partial charge in [0.2, 0.25) is 0 Å². The highest BCUT2D eigenvalue weighted by Crippen LogP contribution is 2.31. The maximum Gasteiger partial charge on any atom is 0.161 e. The molecule has 132 valence electrons. The van der Waals surface area contributed by atoms with Gasteiger partial charge in [-0.05, 0) is 49.3 Å². The Morgan fingerprint density at radius 3 is 2.35 bits per heavy atom. The minimum Gasteiger partial charge on any atom is -0.493 e. The molecule has 0 radical (unpaired) electrons. The molecule has 1 rings (SSSR count). The van der Waals surface area contributed by atoms with Gasteiger partial charge >= 0.3 is 0 Å². The lowest BCUT2D eigenvalue weighted by atomic mass is 9.84. The maximum absolute atomic E-state index is 6.00. The minimum absolute atomic E-state index is 0.227. The van der Waals surface area contributed by atoms with Crippen molar-refractivity contribution in [3.05, 3.63) is 23.8 Å². The van der Waals surface area contributed by atoms with E-state index >= 15 is 0 Å². The standard InChI is InChI=1S/C19H33NO3/c1-14(2)17(11-15(3)20)12-16-7-8-18(22-5)19(13-16)23-10-6-9-21-4/h7-8,13-15,17H,6,9-12,20H2,1-5H3. The Morgan fingerprint density at radius 1 is 1.04 bits per heavy atom. The molecule has 2 N–H and O–H groups in total. The van der Waals surface area contributed by atoms with Crippen LogP contribution >= 0.6 is 0 Å². The van der Waals surface area contributed by atoms with E-state index in [2.05, 4.69) is 32.9 Å². The van der Waals surface area contributed by atoms with Crippen LogP contribution < -0.4 is 15.2 Å². The fraction of sp³-hybridized carbons (Fsp3) is 0.684. The minimum atomic E-state index is 0.227. The predicted octanol–water partition coefficient (Wildman–Crippen LogP) is 3.66. The summed E-state index contributed by atoms with van der Waals surface area (Å²) in [5.74, 6) is 2.77. The molecule has 1 aromatic rings. The highest BCUT2D eigenvalue weighted by molar-refractivity contribution is 5.43. The van der Waals surface area contributed by atoms with Crippen LogP contribution in [0.3, 0.4) is 0 Å². The summed E-state index contributed by atoms with van der Waals surface area (Å²) in [6.07, 6.45) is 2.91. The number of hydrogen-bond donors (Lipinski definition) is 1. The number of benzene rings is 1. The molecule has 0 aliphatic carbocycles. The molecule has 0 spiro atoms. The van der Waals surface area contributed by atoms with Crippen molar-refractivity contribution in [2.75, 3.05) is 27.4 Å². The maximum atomic E-state index is 6.00. The molecule has 4 nitrogen and oxygen atoms in total. The molecular weight excluding hydrogens is 290 g/mol. The van der Waals surface area contributed by atoms with Gasteiger partial charge in [-0.1, -0.05) is 19.9 Å². The summed E-state index contributed by atoms with van der Waals surface area (Å²) in [6.45, 7) is 7.93. The van der Waals surface area contributed by atoms with E-state index in [1.165, 1.54) is 5.56 Å². The van der Waals surface area contributed by atoms with E-state index in [1.54, 1.807) is 14.2 Å². The Kier molecular flexibility index (Phi) is 9.03.